The summed E-state index contributed by atoms with van der Waals surface area (Å²) >= 11 is 0. The summed E-state index contributed by atoms with van der Waals surface area (Å²) in [5.74, 6) is 2.02. The lowest BCUT2D eigenvalue weighted by Gasteiger charge is -2.08. The zero-order valence-electron chi connectivity index (χ0n) is 8.34. The second kappa shape index (κ2) is 5.04. The summed E-state index contributed by atoms with van der Waals surface area (Å²) in [6.07, 6.45) is 0.951. The Labute approximate surface area is 79.3 Å². The fourth-order valence-electron chi connectivity index (χ4n) is 1.07. The van der Waals surface area contributed by atoms with E-state index >= 15 is 0 Å². The molecule has 0 saturated heterocycles. The molecule has 0 aromatic carbocycles. The Balaban J connectivity index is 2.36. The average Bonchev–Trinajstić information content (AvgIpc) is 2.61. The van der Waals surface area contributed by atoms with E-state index in [0.717, 1.165) is 24.5 Å². The molecule has 1 aromatic rings. The van der Waals surface area contributed by atoms with E-state index in [1.807, 2.05) is 12.1 Å². The minimum Gasteiger partial charge on any atom is -0.465 e. The highest BCUT2D eigenvalue weighted by atomic mass is 16.3. The van der Waals surface area contributed by atoms with Crippen LogP contribution in [0, 0.1) is 0 Å². The van der Waals surface area contributed by atoms with Gasteiger partial charge in [0, 0.05) is 19.0 Å². The zero-order valence-corrected chi connectivity index (χ0v) is 8.34. The maximum absolute atomic E-state index is 5.52. The van der Waals surface area contributed by atoms with Gasteiger partial charge in [-0.3, -0.25) is 0 Å². The minimum atomic E-state index is 0.343. The number of nitrogens with two attached hydrogens (primary N) is 1. The molecule has 0 saturated carbocycles. The van der Waals surface area contributed by atoms with Crippen LogP contribution in [0.1, 0.15) is 25.4 Å². The van der Waals surface area contributed by atoms with Gasteiger partial charge in [0.15, 0.2) is 0 Å². The van der Waals surface area contributed by atoms with Gasteiger partial charge in [0.25, 0.3) is 0 Å². The van der Waals surface area contributed by atoms with Crippen molar-refractivity contribution in [2.45, 2.75) is 32.9 Å². The van der Waals surface area contributed by atoms with Gasteiger partial charge >= 0.3 is 0 Å². The Hall–Kier alpha value is -0.800. The molecule has 3 N–H and O–H groups in total. The van der Waals surface area contributed by atoms with Crippen LogP contribution >= 0.6 is 0 Å². The van der Waals surface area contributed by atoms with Crippen LogP contribution < -0.4 is 11.1 Å². The van der Waals surface area contributed by atoms with Gasteiger partial charge in [-0.05, 0) is 19.1 Å². The number of hydrogen-bond donors (Lipinski definition) is 2. The van der Waals surface area contributed by atoms with Crippen molar-refractivity contribution in [3.63, 3.8) is 0 Å². The number of furan rings is 1. The van der Waals surface area contributed by atoms with Gasteiger partial charge in [0.1, 0.15) is 11.5 Å². The Morgan fingerprint density at radius 1 is 1.46 bits per heavy atom. The fourth-order valence-corrected chi connectivity index (χ4v) is 1.07. The van der Waals surface area contributed by atoms with E-state index in [9.17, 15) is 0 Å². The molecule has 3 heteroatoms. The van der Waals surface area contributed by atoms with Crippen LogP contribution in [0.2, 0.25) is 0 Å². The number of nitrogens with one attached hydrogen (secondary N) is 1. The summed E-state index contributed by atoms with van der Waals surface area (Å²) in [6.45, 7) is 5.56. The zero-order chi connectivity index (χ0) is 9.68. The van der Waals surface area contributed by atoms with Crippen molar-refractivity contribution in [2.24, 2.45) is 5.73 Å². The molecule has 0 aliphatic heterocycles. The molecule has 0 unspecified atom stereocenters. The van der Waals surface area contributed by atoms with E-state index in [0.29, 0.717) is 12.6 Å². The summed E-state index contributed by atoms with van der Waals surface area (Å²) < 4.78 is 5.52. The first-order chi connectivity index (χ1) is 6.26. The first kappa shape index (κ1) is 10.3. The molecule has 0 aliphatic carbocycles. The van der Waals surface area contributed by atoms with Crippen molar-refractivity contribution in [1.82, 2.24) is 5.32 Å². The van der Waals surface area contributed by atoms with Crippen LogP contribution in [0.3, 0.4) is 0 Å². The quantitative estimate of drug-likeness (QED) is 0.721. The third-order valence-corrected chi connectivity index (χ3v) is 2.04. The molecule has 0 amide bonds. The van der Waals surface area contributed by atoms with Crippen LogP contribution in [0.5, 0.6) is 0 Å². The monoisotopic (exact) mass is 182 g/mol. The number of aryl methyl sites for hydroxylation is 1. The standard InChI is InChI=1S/C10H18N2O/c1-3-9-4-5-10(13-9)7-12-8(2)6-11/h4-5,8,12H,3,6-7,11H2,1-2H3/t8-/m0/s1. The van der Waals surface area contributed by atoms with Gasteiger partial charge in [0.2, 0.25) is 0 Å². The summed E-state index contributed by atoms with van der Waals surface area (Å²) in [6, 6.07) is 4.37. The van der Waals surface area contributed by atoms with Crippen molar-refractivity contribution in [3.05, 3.63) is 23.7 Å². The minimum absolute atomic E-state index is 0.343. The summed E-state index contributed by atoms with van der Waals surface area (Å²) in [5, 5.41) is 3.27. The van der Waals surface area contributed by atoms with Crippen molar-refractivity contribution >= 4 is 0 Å². The summed E-state index contributed by atoms with van der Waals surface area (Å²) in [7, 11) is 0. The number of hydrogen-bond acceptors (Lipinski definition) is 3. The van der Waals surface area contributed by atoms with E-state index in [2.05, 4.69) is 19.2 Å². The smallest absolute Gasteiger partial charge is 0.117 e. The average molecular weight is 182 g/mol. The molecule has 13 heavy (non-hydrogen) atoms. The lowest BCUT2D eigenvalue weighted by atomic mass is 10.3. The molecule has 0 bridgehead atoms. The van der Waals surface area contributed by atoms with Crippen molar-refractivity contribution in [3.8, 4) is 0 Å². The molecule has 3 nitrogen and oxygen atoms in total. The van der Waals surface area contributed by atoms with Crippen LogP contribution in [0.15, 0.2) is 16.5 Å². The molecule has 0 spiro atoms. The molecular weight excluding hydrogens is 164 g/mol. The van der Waals surface area contributed by atoms with Crippen molar-refractivity contribution in [2.75, 3.05) is 6.54 Å². The second-order valence-electron chi connectivity index (χ2n) is 3.24. The molecule has 0 fully saturated rings. The topological polar surface area (TPSA) is 51.2 Å². The Kier molecular flexibility index (Phi) is 3.99. The van der Waals surface area contributed by atoms with Crippen LogP contribution in [-0.4, -0.2) is 12.6 Å². The maximum Gasteiger partial charge on any atom is 0.117 e. The first-order valence-corrected chi connectivity index (χ1v) is 4.77. The maximum atomic E-state index is 5.52. The Morgan fingerprint density at radius 3 is 2.69 bits per heavy atom. The summed E-state index contributed by atoms with van der Waals surface area (Å²) in [4.78, 5) is 0. The van der Waals surface area contributed by atoms with E-state index in [1.165, 1.54) is 0 Å². The molecular formula is C10H18N2O. The van der Waals surface area contributed by atoms with Crippen LogP contribution in [-0.2, 0) is 13.0 Å². The predicted molar refractivity (Wildman–Crippen MR) is 53.4 cm³/mol. The predicted octanol–water partition coefficient (Wildman–Crippen LogP) is 1.28. The van der Waals surface area contributed by atoms with Gasteiger partial charge in [-0.25, -0.2) is 0 Å². The lowest BCUT2D eigenvalue weighted by molar-refractivity contribution is 0.433. The first-order valence-electron chi connectivity index (χ1n) is 4.77. The molecule has 1 atom stereocenters. The Bertz CT molecular complexity index is 245. The molecule has 74 valence electrons. The van der Waals surface area contributed by atoms with Crippen molar-refractivity contribution in [1.29, 1.82) is 0 Å². The van der Waals surface area contributed by atoms with Gasteiger partial charge in [0.05, 0.1) is 6.54 Å². The van der Waals surface area contributed by atoms with E-state index in [-0.39, 0.29) is 0 Å². The molecule has 1 rings (SSSR count). The van der Waals surface area contributed by atoms with Crippen LogP contribution in [0.4, 0.5) is 0 Å². The SMILES string of the molecule is CCc1ccc(CN[C@@H](C)CN)o1. The van der Waals surface area contributed by atoms with Gasteiger partial charge in [-0.2, -0.15) is 0 Å². The van der Waals surface area contributed by atoms with Gasteiger partial charge in [-0.1, -0.05) is 6.92 Å². The van der Waals surface area contributed by atoms with E-state index in [1.54, 1.807) is 0 Å². The fraction of sp³-hybridized carbons (Fsp3) is 0.600. The highest BCUT2D eigenvalue weighted by Crippen LogP contribution is 2.07. The lowest BCUT2D eigenvalue weighted by Crippen LogP contribution is -2.32. The molecule has 0 radical (unpaired) electrons. The Morgan fingerprint density at radius 2 is 2.15 bits per heavy atom. The van der Waals surface area contributed by atoms with Gasteiger partial charge in [-0.15, -0.1) is 0 Å². The van der Waals surface area contributed by atoms with Crippen molar-refractivity contribution < 1.29 is 4.42 Å². The molecule has 1 heterocycles. The molecule has 0 aliphatic rings. The third kappa shape index (κ3) is 3.20. The highest BCUT2D eigenvalue weighted by molar-refractivity contribution is 5.06. The summed E-state index contributed by atoms with van der Waals surface area (Å²) in [5.41, 5.74) is 5.47. The normalized spacial score (nSPS) is 13.2. The highest BCUT2D eigenvalue weighted by Gasteiger charge is 2.02. The third-order valence-electron chi connectivity index (χ3n) is 2.04. The van der Waals surface area contributed by atoms with Gasteiger partial charge < -0.3 is 15.5 Å². The second-order valence-corrected chi connectivity index (χ2v) is 3.24. The number of rotatable bonds is 5. The van der Waals surface area contributed by atoms with E-state index in [4.69, 9.17) is 10.2 Å². The van der Waals surface area contributed by atoms with Crippen LogP contribution in [0.25, 0.3) is 0 Å². The molecule has 1 aromatic heterocycles. The van der Waals surface area contributed by atoms with E-state index < -0.39 is 0 Å². The largest absolute Gasteiger partial charge is 0.465 e.